The molecule has 1 aromatic heterocycles. The van der Waals surface area contributed by atoms with Gasteiger partial charge in [-0.15, -0.1) is 11.3 Å². The predicted octanol–water partition coefficient (Wildman–Crippen LogP) is 1.71. The van der Waals surface area contributed by atoms with Gasteiger partial charge in [-0.2, -0.15) is 0 Å². The van der Waals surface area contributed by atoms with E-state index in [0.29, 0.717) is 18.9 Å². The Bertz CT molecular complexity index is 486. The van der Waals surface area contributed by atoms with E-state index in [1.165, 1.54) is 16.2 Å². The minimum atomic E-state index is -0.908. The summed E-state index contributed by atoms with van der Waals surface area (Å²) in [6.07, 6.45) is 1.60. The first-order valence-corrected chi connectivity index (χ1v) is 7.28. The van der Waals surface area contributed by atoms with E-state index in [4.69, 9.17) is 0 Å². The first-order chi connectivity index (χ1) is 8.97. The van der Waals surface area contributed by atoms with Crippen LogP contribution >= 0.6 is 11.3 Å². The molecule has 0 aliphatic carbocycles. The Labute approximate surface area is 116 Å². The van der Waals surface area contributed by atoms with E-state index in [-0.39, 0.29) is 12.3 Å². The zero-order chi connectivity index (χ0) is 14.0. The van der Waals surface area contributed by atoms with Gasteiger partial charge in [0.2, 0.25) is 5.91 Å². The van der Waals surface area contributed by atoms with Crippen molar-refractivity contribution in [1.29, 1.82) is 0 Å². The molecule has 104 valence electrons. The Morgan fingerprint density at radius 2 is 2.32 bits per heavy atom. The molecule has 1 N–H and O–H groups in total. The summed E-state index contributed by atoms with van der Waals surface area (Å²) >= 11 is 1.50. The fraction of sp³-hybridized carbons (Fsp3) is 0.615. The second kappa shape index (κ2) is 5.69. The number of amides is 1. The highest BCUT2D eigenvalue weighted by Gasteiger charge is 2.34. The number of hydrogen-bond acceptors (Lipinski definition) is 4. The van der Waals surface area contributed by atoms with Crippen LogP contribution in [0, 0.1) is 12.8 Å². The fourth-order valence-electron chi connectivity index (χ4n) is 2.42. The molecule has 5 nitrogen and oxygen atoms in total. The molecular weight excluding hydrogens is 264 g/mol. The lowest BCUT2D eigenvalue weighted by molar-refractivity contribution is -0.152. The number of aryl methyl sites for hydroxylation is 1. The molecule has 0 spiro atoms. The van der Waals surface area contributed by atoms with Crippen molar-refractivity contribution in [1.82, 2.24) is 9.88 Å². The third-order valence-corrected chi connectivity index (χ3v) is 4.29. The van der Waals surface area contributed by atoms with Gasteiger partial charge in [0.05, 0.1) is 17.1 Å². The normalized spacial score (nSPS) is 23.4. The third-order valence-electron chi connectivity index (χ3n) is 3.47. The SMILES string of the molecule is Cc1nc(CC(=O)N2CCC(C)CC2C(=O)O)cs1. The third kappa shape index (κ3) is 3.32. The second-order valence-electron chi connectivity index (χ2n) is 5.11. The van der Waals surface area contributed by atoms with Gasteiger partial charge in [0, 0.05) is 11.9 Å². The van der Waals surface area contributed by atoms with Gasteiger partial charge in [0.15, 0.2) is 0 Å². The zero-order valence-corrected chi connectivity index (χ0v) is 11.9. The van der Waals surface area contributed by atoms with Gasteiger partial charge < -0.3 is 10.0 Å². The monoisotopic (exact) mass is 282 g/mol. The van der Waals surface area contributed by atoms with E-state index in [1.54, 1.807) is 0 Å². The Kier molecular flexibility index (Phi) is 4.19. The maximum absolute atomic E-state index is 12.2. The van der Waals surface area contributed by atoms with E-state index in [0.717, 1.165) is 17.1 Å². The van der Waals surface area contributed by atoms with E-state index in [2.05, 4.69) is 4.98 Å². The van der Waals surface area contributed by atoms with Crippen molar-refractivity contribution < 1.29 is 14.7 Å². The standard InChI is InChI=1S/C13H18N2O3S/c1-8-3-4-15(11(5-8)13(17)18)12(16)6-10-7-19-9(2)14-10/h7-8,11H,3-6H2,1-2H3,(H,17,18). The average molecular weight is 282 g/mol. The Hall–Kier alpha value is -1.43. The lowest BCUT2D eigenvalue weighted by atomic mass is 9.92. The van der Waals surface area contributed by atoms with Crippen molar-refractivity contribution in [3.8, 4) is 0 Å². The first kappa shape index (κ1) is 14.0. The molecule has 0 radical (unpaired) electrons. The summed E-state index contributed by atoms with van der Waals surface area (Å²) in [6, 6.07) is -0.684. The molecule has 6 heteroatoms. The van der Waals surface area contributed by atoms with Crippen LogP contribution < -0.4 is 0 Å². The largest absolute Gasteiger partial charge is 0.480 e. The minimum absolute atomic E-state index is 0.135. The number of nitrogens with zero attached hydrogens (tertiary/aromatic N) is 2. The summed E-state index contributed by atoms with van der Waals surface area (Å²) in [5, 5.41) is 12.0. The topological polar surface area (TPSA) is 70.5 Å². The molecule has 2 atom stereocenters. The first-order valence-electron chi connectivity index (χ1n) is 6.40. The number of carboxylic acid groups (broad SMARTS) is 1. The number of piperidine rings is 1. The minimum Gasteiger partial charge on any atom is -0.480 e. The van der Waals surface area contributed by atoms with Crippen molar-refractivity contribution in [3.63, 3.8) is 0 Å². The molecular formula is C13H18N2O3S. The molecule has 0 saturated carbocycles. The second-order valence-corrected chi connectivity index (χ2v) is 6.17. The molecule has 1 fully saturated rings. The average Bonchev–Trinajstić information content (AvgIpc) is 2.74. The summed E-state index contributed by atoms with van der Waals surface area (Å²) in [7, 11) is 0. The van der Waals surface area contributed by atoms with Gasteiger partial charge in [-0.05, 0) is 25.7 Å². The predicted molar refractivity (Wildman–Crippen MR) is 72.1 cm³/mol. The summed E-state index contributed by atoms with van der Waals surface area (Å²) in [4.78, 5) is 29.2. The van der Waals surface area contributed by atoms with Crippen molar-refractivity contribution in [2.75, 3.05) is 6.54 Å². The molecule has 2 unspecified atom stereocenters. The summed E-state index contributed by atoms with van der Waals surface area (Å²) in [6.45, 7) is 4.45. The quantitative estimate of drug-likeness (QED) is 0.916. The van der Waals surface area contributed by atoms with Crippen LogP contribution in [0.15, 0.2) is 5.38 Å². The maximum Gasteiger partial charge on any atom is 0.326 e. The van der Waals surface area contributed by atoms with Gasteiger partial charge in [0.1, 0.15) is 6.04 Å². The van der Waals surface area contributed by atoms with E-state index < -0.39 is 12.0 Å². The molecule has 1 aromatic rings. The highest BCUT2D eigenvalue weighted by Crippen LogP contribution is 2.23. The van der Waals surface area contributed by atoms with Crippen LogP contribution in [0.4, 0.5) is 0 Å². The van der Waals surface area contributed by atoms with Crippen LogP contribution in [0.1, 0.15) is 30.5 Å². The summed E-state index contributed by atoms with van der Waals surface area (Å²) in [5.41, 5.74) is 0.732. The number of hydrogen-bond donors (Lipinski definition) is 1. The smallest absolute Gasteiger partial charge is 0.326 e. The van der Waals surface area contributed by atoms with Gasteiger partial charge in [-0.3, -0.25) is 4.79 Å². The number of carbonyl (C=O) groups is 2. The van der Waals surface area contributed by atoms with Gasteiger partial charge >= 0.3 is 5.97 Å². The molecule has 2 heterocycles. The van der Waals surface area contributed by atoms with Crippen molar-refractivity contribution in [2.24, 2.45) is 5.92 Å². The van der Waals surface area contributed by atoms with Crippen LogP contribution in [0.2, 0.25) is 0 Å². The lowest BCUT2D eigenvalue weighted by Crippen LogP contribution is -2.50. The number of aliphatic carboxylic acids is 1. The van der Waals surface area contributed by atoms with Crippen LogP contribution in [-0.2, 0) is 16.0 Å². The lowest BCUT2D eigenvalue weighted by Gasteiger charge is -2.35. The molecule has 2 rings (SSSR count). The zero-order valence-electron chi connectivity index (χ0n) is 11.1. The number of carboxylic acids is 1. The number of carbonyl (C=O) groups excluding carboxylic acids is 1. The van der Waals surface area contributed by atoms with Gasteiger partial charge in [0.25, 0.3) is 0 Å². The van der Waals surface area contributed by atoms with Gasteiger partial charge in [-0.1, -0.05) is 6.92 Å². The molecule has 1 aliphatic heterocycles. The molecule has 19 heavy (non-hydrogen) atoms. The highest BCUT2D eigenvalue weighted by atomic mass is 32.1. The van der Waals surface area contributed by atoms with Crippen molar-refractivity contribution >= 4 is 23.2 Å². The van der Waals surface area contributed by atoms with E-state index in [9.17, 15) is 14.7 Å². The number of aromatic nitrogens is 1. The van der Waals surface area contributed by atoms with Gasteiger partial charge in [-0.25, -0.2) is 9.78 Å². The van der Waals surface area contributed by atoms with Crippen molar-refractivity contribution in [2.45, 2.75) is 39.2 Å². The number of rotatable bonds is 3. The van der Waals surface area contributed by atoms with Crippen molar-refractivity contribution in [3.05, 3.63) is 16.1 Å². The maximum atomic E-state index is 12.2. The van der Waals surface area contributed by atoms with Crippen LogP contribution in [0.3, 0.4) is 0 Å². The summed E-state index contributed by atoms with van der Waals surface area (Å²) in [5.74, 6) is -0.689. The van der Waals surface area contributed by atoms with E-state index in [1.807, 2.05) is 19.2 Å². The molecule has 1 aliphatic rings. The molecule has 0 aromatic carbocycles. The Balaban J connectivity index is 2.06. The fourth-order valence-corrected chi connectivity index (χ4v) is 3.03. The highest BCUT2D eigenvalue weighted by molar-refractivity contribution is 7.09. The molecule has 1 amide bonds. The number of thiazole rings is 1. The Morgan fingerprint density at radius 1 is 1.58 bits per heavy atom. The van der Waals surface area contributed by atoms with E-state index >= 15 is 0 Å². The summed E-state index contributed by atoms with van der Waals surface area (Å²) < 4.78 is 0. The van der Waals surface area contributed by atoms with Crippen LogP contribution in [0.5, 0.6) is 0 Å². The molecule has 1 saturated heterocycles. The number of likely N-dealkylation sites (tertiary alicyclic amines) is 1. The Morgan fingerprint density at radius 3 is 2.89 bits per heavy atom. The van der Waals surface area contributed by atoms with Crippen LogP contribution in [0.25, 0.3) is 0 Å². The molecule has 0 bridgehead atoms. The van der Waals surface area contributed by atoms with Crippen LogP contribution in [-0.4, -0.2) is 39.5 Å².